The number of piperazine rings is 1. The number of nitrogens with zero attached hydrogens (tertiary/aromatic N) is 2. The molecule has 1 atom stereocenters. The van der Waals surface area contributed by atoms with Crippen molar-refractivity contribution in [3.8, 4) is 0 Å². The molecule has 1 aliphatic rings. The van der Waals surface area contributed by atoms with Crippen LogP contribution >= 0.6 is 0 Å². The fourth-order valence-corrected chi connectivity index (χ4v) is 3.37. The molecule has 2 aromatic rings. The molecule has 2 N–H and O–H groups in total. The number of hydrogen-bond acceptors (Lipinski definition) is 4. The van der Waals surface area contributed by atoms with E-state index in [1.807, 2.05) is 6.92 Å². The van der Waals surface area contributed by atoms with Gasteiger partial charge in [-0.1, -0.05) is 6.92 Å². The zero-order chi connectivity index (χ0) is 18.0. The van der Waals surface area contributed by atoms with Crippen molar-refractivity contribution in [3.63, 3.8) is 0 Å². The number of carbonyl (C=O) groups excluding carboxylic acids is 1. The van der Waals surface area contributed by atoms with E-state index in [4.69, 9.17) is 0 Å². The van der Waals surface area contributed by atoms with Gasteiger partial charge in [-0.3, -0.25) is 14.5 Å². The Kier molecular flexibility index (Phi) is 5.15. The van der Waals surface area contributed by atoms with E-state index in [2.05, 4.69) is 9.88 Å². The van der Waals surface area contributed by atoms with Crippen LogP contribution in [0.1, 0.15) is 23.7 Å². The number of aliphatic hydroxyl groups is 1. The summed E-state index contributed by atoms with van der Waals surface area (Å²) >= 11 is 0. The Morgan fingerprint density at radius 1 is 1.28 bits per heavy atom. The highest BCUT2D eigenvalue weighted by Crippen LogP contribution is 2.19. The number of H-pyrrole nitrogens is 1. The molecule has 6 nitrogen and oxygen atoms in total. The van der Waals surface area contributed by atoms with Crippen molar-refractivity contribution in [3.05, 3.63) is 46.0 Å². The molecule has 1 aliphatic heterocycles. The Morgan fingerprint density at radius 3 is 2.64 bits per heavy atom. The van der Waals surface area contributed by atoms with Crippen LogP contribution in [0.2, 0.25) is 0 Å². The normalized spacial score (nSPS) is 17.0. The smallest absolute Gasteiger partial charge is 0.254 e. The standard InChI is InChI=1S/C18H22FN3O3/c1-2-13(11-23)21-5-7-22(8-6-21)18(25)15-10-17(24)20-16-9-12(19)3-4-14(15)16/h3-4,9-10,13,23H,2,5-8,11H2,1H3,(H,20,24). The Balaban J connectivity index is 1.83. The number of halogens is 1. The van der Waals surface area contributed by atoms with Crippen molar-refractivity contribution >= 4 is 16.8 Å². The molecule has 1 amide bonds. The second kappa shape index (κ2) is 7.33. The number of pyridine rings is 1. The minimum Gasteiger partial charge on any atom is -0.395 e. The molecule has 1 fully saturated rings. The average Bonchev–Trinajstić information content (AvgIpc) is 2.61. The third-order valence-electron chi connectivity index (χ3n) is 4.84. The maximum atomic E-state index is 13.4. The summed E-state index contributed by atoms with van der Waals surface area (Å²) < 4.78 is 13.4. The number of benzene rings is 1. The summed E-state index contributed by atoms with van der Waals surface area (Å²) in [7, 11) is 0. The summed E-state index contributed by atoms with van der Waals surface area (Å²) in [6.45, 7) is 4.56. The first-order chi connectivity index (χ1) is 12.0. The average molecular weight is 347 g/mol. The molecule has 1 unspecified atom stereocenters. The van der Waals surface area contributed by atoms with Gasteiger partial charge < -0.3 is 15.0 Å². The van der Waals surface area contributed by atoms with Gasteiger partial charge in [-0.2, -0.15) is 0 Å². The lowest BCUT2D eigenvalue weighted by Gasteiger charge is -2.38. The largest absolute Gasteiger partial charge is 0.395 e. The summed E-state index contributed by atoms with van der Waals surface area (Å²) in [5.41, 5.74) is 0.189. The van der Waals surface area contributed by atoms with E-state index in [-0.39, 0.29) is 18.6 Å². The summed E-state index contributed by atoms with van der Waals surface area (Å²) in [4.78, 5) is 31.2. The van der Waals surface area contributed by atoms with Gasteiger partial charge in [-0.05, 0) is 24.6 Å². The summed E-state index contributed by atoms with van der Waals surface area (Å²) in [5.74, 6) is -0.685. The number of fused-ring (bicyclic) bond motifs is 1. The van der Waals surface area contributed by atoms with Crippen molar-refractivity contribution in [2.75, 3.05) is 32.8 Å². The molecule has 3 rings (SSSR count). The Morgan fingerprint density at radius 2 is 2.00 bits per heavy atom. The molecule has 2 heterocycles. The lowest BCUT2D eigenvalue weighted by molar-refractivity contribution is 0.0473. The Hall–Kier alpha value is -2.25. The minimum absolute atomic E-state index is 0.106. The van der Waals surface area contributed by atoms with Crippen molar-refractivity contribution < 1.29 is 14.3 Å². The third-order valence-corrected chi connectivity index (χ3v) is 4.84. The van der Waals surface area contributed by atoms with Gasteiger partial charge >= 0.3 is 0 Å². The van der Waals surface area contributed by atoms with Crippen LogP contribution in [0.25, 0.3) is 10.9 Å². The monoisotopic (exact) mass is 347 g/mol. The number of aromatic amines is 1. The van der Waals surface area contributed by atoms with E-state index in [1.54, 1.807) is 4.90 Å². The fourth-order valence-electron chi connectivity index (χ4n) is 3.37. The third kappa shape index (κ3) is 3.57. The predicted octanol–water partition coefficient (Wildman–Crippen LogP) is 1.20. The lowest BCUT2D eigenvalue weighted by atomic mass is 10.1. The zero-order valence-electron chi connectivity index (χ0n) is 14.2. The highest BCUT2D eigenvalue weighted by molar-refractivity contribution is 6.06. The zero-order valence-corrected chi connectivity index (χ0v) is 14.2. The maximum Gasteiger partial charge on any atom is 0.254 e. The summed E-state index contributed by atoms with van der Waals surface area (Å²) in [6.07, 6.45) is 0.856. The summed E-state index contributed by atoms with van der Waals surface area (Å²) in [6, 6.07) is 5.40. The molecule has 134 valence electrons. The molecule has 1 aromatic heterocycles. The molecule has 7 heteroatoms. The van der Waals surface area contributed by atoms with Gasteiger partial charge in [-0.15, -0.1) is 0 Å². The molecule has 0 radical (unpaired) electrons. The van der Waals surface area contributed by atoms with Crippen molar-refractivity contribution in [2.45, 2.75) is 19.4 Å². The SMILES string of the molecule is CCC(CO)N1CCN(C(=O)c2cc(=O)[nH]c3cc(F)ccc23)CC1. The number of hydrogen-bond donors (Lipinski definition) is 2. The van der Waals surface area contributed by atoms with Gasteiger partial charge in [0.05, 0.1) is 17.7 Å². The predicted molar refractivity (Wildman–Crippen MR) is 93.2 cm³/mol. The first-order valence-corrected chi connectivity index (χ1v) is 8.50. The number of carbonyl (C=O) groups is 1. The molecular formula is C18H22FN3O3. The molecular weight excluding hydrogens is 325 g/mol. The number of aliphatic hydroxyl groups excluding tert-OH is 1. The molecule has 0 bridgehead atoms. The highest BCUT2D eigenvalue weighted by Gasteiger charge is 2.26. The second-order valence-electron chi connectivity index (χ2n) is 6.31. The lowest BCUT2D eigenvalue weighted by Crippen LogP contribution is -2.52. The fraction of sp³-hybridized carbons (Fsp3) is 0.444. The van der Waals surface area contributed by atoms with Crippen molar-refractivity contribution in [1.82, 2.24) is 14.8 Å². The minimum atomic E-state index is -0.462. The Bertz CT molecular complexity index is 824. The topological polar surface area (TPSA) is 76.6 Å². The van der Waals surface area contributed by atoms with Gasteiger partial charge in [0, 0.05) is 43.7 Å². The van der Waals surface area contributed by atoms with Crippen molar-refractivity contribution in [1.29, 1.82) is 0 Å². The first-order valence-electron chi connectivity index (χ1n) is 8.50. The van der Waals surface area contributed by atoms with E-state index < -0.39 is 11.4 Å². The molecule has 0 aliphatic carbocycles. The van der Waals surface area contributed by atoms with E-state index in [9.17, 15) is 19.1 Å². The van der Waals surface area contributed by atoms with E-state index in [0.29, 0.717) is 42.6 Å². The van der Waals surface area contributed by atoms with Crippen LogP contribution in [0, 0.1) is 5.82 Å². The number of nitrogens with one attached hydrogen (secondary N) is 1. The maximum absolute atomic E-state index is 13.4. The van der Waals surface area contributed by atoms with Crippen LogP contribution in [0.5, 0.6) is 0 Å². The Labute approximate surface area is 144 Å². The van der Waals surface area contributed by atoms with Crippen LogP contribution in [-0.4, -0.2) is 64.6 Å². The van der Waals surface area contributed by atoms with Crippen LogP contribution in [-0.2, 0) is 0 Å². The van der Waals surface area contributed by atoms with Gasteiger partial charge in [0.15, 0.2) is 0 Å². The number of aromatic nitrogens is 1. The highest BCUT2D eigenvalue weighted by atomic mass is 19.1. The molecule has 1 saturated heterocycles. The van der Waals surface area contributed by atoms with E-state index in [1.165, 1.54) is 24.3 Å². The second-order valence-corrected chi connectivity index (χ2v) is 6.31. The van der Waals surface area contributed by atoms with Crippen LogP contribution in [0.3, 0.4) is 0 Å². The first kappa shape index (κ1) is 17.6. The molecule has 1 aromatic carbocycles. The number of amides is 1. The quantitative estimate of drug-likeness (QED) is 0.871. The van der Waals surface area contributed by atoms with Crippen molar-refractivity contribution in [2.24, 2.45) is 0 Å². The van der Waals surface area contributed by atoms with E-state index >= 15 is 0 Å². The molecule has 0 spiro atoms. The molecule has 25 heavy (non-hydrogen) atoms. The molecule has 0 saturated carbocycles. The van der Waals surface area contributed by atoms with E-state index in [0.717, 1.165) is 6.42 Å². The van der Waals surface area contributed by atoms with Gasteiger partial charge in [-0.25, -0.2) is 4.39 Å². The summed E-state index contributed by atoms with van der Waals surface area (Å²) in [5, 5.41) is 9.95. The van der Waals surface area contributed by atoms with Gasteiger partial charge in [0.25, 0.3) is 5.91 Å². The van der Waals surface area contributed by atoms with Gasteiger partial charge in [0.1, 0.15) is 5.82 Å². The van der Waals surface area contributed by atoms with Crippen LogP contribution in [0.15, 0.2) is 29.1 Å². The van der Waals surface area contributed by atoms with Crippen LogP contribution < -0.4 is 5.56 Å². The van der Waals surface area contributed by atoms with Crippen LogP contribution in [0.4, 0.5) is 4.39 Å². The van der Waals surface area contributed by atoms with Gasteiger partial charge in [0.2, 0.25) is 5.56 Å². The number of rotatable bonds is 4.